The minimum absolute atomic E-state index is 0.732. The molecular weight excluding hydrogens is 266 g/mol. The number of hydrogen-bond acceptors (Lipinski definition) is 3. The fraction of sp³-hybridized carbons (Fsp3) is 0.412. The van der Waals surface area contributed by atoms with Crippen LogP contribution in [0.25, 0.3) is 10.4 Å². The molecule has 2 nitrogen and oxygen atoms in total. The van der Waals surface area contributed by atoms with Gasteiger partial charge in [0.05, 0.1) is 10.6 Å². The van der Waals surface area contributed by atoms with E-state index in [-0.39, 0.29) is 0 Å². The van der Waals surface area contributed by atoms with Gasteiger partial charge in [0.2, 0.25) is 0 Å². The van der Waals surface area contributed by atoms with E-state index in [1.165, 1.54) is 29.0 Å². The first-order valence-electron chi connectivity index (χ1n) is 7.25. The Labute approximate surface area is 125 Å². The first-order valence-corrected chi connectivity index (χ1v) is 8.13. The third-order valence-corrected chi connectivity index (χ3v) is 4.99. The monoisotopic (exact) mass is 287 g/mol. The van der Waals surface area contributed by atoms with Crippen LogP contribution in [0.5, 0.6) is 0 Å². The molecule has 0 saturated carbocycles. The van der Waals surface area contributed by atoms with Crippen molar-refractivity contribution in [3.63, 3.8) is 0 Å². The van der Waals surface area contributed by atoms with Crippen LogP contribution in [0.1, 0.15) is 12.8 Å². The maximum atomic E-state index is 5.28. The molecule has 0 N–H and O–H groups in total. The summed E-state index contributed by atoms with van der Waals surface area (Å²) in [6.07, 6.45) is 2.47. The zero-order valence-corrected chi connectivity index (χ0v) is 12.7. The molecule has 20 heavy (non-hydrogen) atoms. The van der Waals surface area contributed by atoms with Gasteiger partial charge >= 0.3 is 0 Å². The fourth-order valence-electron chi connectivity index (χ4n) is 2.93. The van der Waals surface area contributed by atoms with Gasteiger partial charge in [-0.1, -0.05) is 30.3 Å². The standard InChI is InChI=1S/C17H21NOS/c1-19-13-14-7-10-18(11-8-14)16-9-12-20-17(16)15-5-3-2-4-6-15/h2-6,9,12,14H,7-8,10-11,13H2,1H3. The molecule has 1 aromatic heterocycles. The second-order valence-electron chi connectivity index (χ2n) is 5.39. The highest BCUT2D eigenvalue weighted by atomic mass is 32.1. The molecule has 2 aromatic rings. The molecule has 1 fully saturated rings. The number of rotatable bonds is 4. The molecule has 2 heterocycles. The lowest BCUT2D eigenvalue weighted by atomic mass is 9.97. The summed E-state index contributed by atoms with van der Waals surface area (Å²) in [6.45, 7) is 3.19. The first kappa shape index (κ1) is 13.7. The van der Waals surface area contributed by atoms with Gasteiger partial charge in [-0.05, 0) is 35.8 Å². The Morgan fingerprint density at radius 1 is 1.15 bits per heavy atom. The van der Waals surface area contributed by atoms with Gasteiger partial charge in [0.15, 0.2) is 0 Å². The van der Waals surface area contributed by atoms with Crippen LogP contribution in [-0.4, -0.2) is 26.8 Å². The normalized spacial score (nSPS) is 16.6. The van der Waals surface area contributed by atoms with Crippen molar-refractivity contribution in [1.29, 1.82) is 0 Å². The second kappa shape index (κ2) is 6.42. The summed E-state index contributed by atoms with van der Waals surface area (Å²) < 4.78 is 5.28. The van der Waals surface area contributed by atoms with Crippen molar-refractivity contribution in [2.24, 2.45) is 5.92 Å². The zero-order chi connectivity index (χ0) is 13.8. The molecule has 0 radical (unpaired) electrons. The highest BCUT2D eigenvalue weighted by Gasteiger charge is 2.21. The van der Waals surface area contributed by atoms with Crippen molar-refractivity contribution in [3.8, 4) is 10.4 Å². The maximum absolute atomic E-state index is 5.28. The molecule has 1 aliphatic heterocycles. The van der Waals surface area contributed by atoms with Crippen LogP contribution >= 0.6 is 11.3 Å². The van der Waals surface area contributed by atoms with Gasteiger partial charge in [-0.2, -0.15) is 0 Å². The third-order valence-electron chi connectivity index (χ3n) is 4.04. The number of benzene rings is 1. The summed E-state index contributed by atoms with van der Waals surface area (Å²) >= 11 is 1.84. The summed E-state index contributed by atoms with van der Waals surface area (Å²) in [5, 5.41) is 2.21. The molecule has 1 saturated heterocycles. The molecule has 3 rings (SSSR count). The van der Waals surface area contributed by atoms with Crippen molar-refractivity contribution in [2.75, 3.05) is 31.7 Å². The van der Waals surface area contributed by atoms with Crippen LogP contribution in [0.4, 0.5) is 5.69 Å². The molecule has 1 aromatic carbocycles. The second-order valence-corrected chi connectivity index (χ2v) is 6.30. The van der Waals surface area contributed by atoms with Crippen molar-refractivity contribution < 1.29 is 4.74 Å². The molecule has 0 amide bonds. The van der Waals surface area contributed by atoms with Crippen LogP contribution in [0.2, 0.25) is 0 Å². The Hall–Kier alpha value is -1.32. The lowest BCUT2D eigenvalue weighted by Crippen LogP contribution is -2.34. The van der Waals surface area contributed by atoms with Gasteiger partial charge in [-0.25, -0.2) is 0 Å². The number of anilines is 1. The number of thiophene rings is 1. The molecule has 106 valence electrons. The van der Waals surface area contributed by atoms with Crippen LogP contribution in [0.15, 0.2) is 41.8 Å². The highest BCUT2D eigenvalue weighted by Crippen LogP contribution is 2.37. The van der Waals surface area contributed by atoms with E-state index in [1.807, 2.05) is 11.3 Å². The molecule has 0 unspecified atom stereocenters. The molecular formula is C17H21NOS. The number of methoxy groups -OCH3 is 1. The minimum Gasteiger partial charge on any atom is -0.384 e. The van der Waals surface area contributed by atoms with E-state index >= 15 is 0 Å². The van der Waals surface area contributed by atoms with Crippen LogP contribution in [0, 0.1) is 5.92 Å². The zero-order valence-electron chi connectivity index (χ0n) is 11.9. The van der Waals surface area contributed by atoms with Crippen LogP contribution < -0.4 is 4.90 Å². The average molecular weight is 287 g/mol. The predicted molar refractivity (Wildman–Crippen MR) is 86.6 cm³/mol. The molecule has 0 bridgehead atoms. The van der Waals surface area contributed by atoms with Crippen molar-refractivity contribution in [2.45, 2.75) is 12.8 Å². The summed E-state index contributed by atoms with van der Waals surface area (Å²) in [6, 6.07) is 13.0. The highest BCUT2D eigenvalue weighted by molar-refractivity contribution is 7.14. The Bertz CT molecular complexity index is 529. The number of piperidine rings is 1. The van der Waals surface area contributed by atoms with Crippen LogP contribution in [0.3, 0.4) is 0 Å². The van der Waals surface area contributed by atoms with Crippen LogP contribution in [-0.2, 0) is 4.74 Å². The number of nitrogens with zero attached hydrogens (tertiary/aromatic N) is 1. The average Bonchev–Trinajstić information content (AvgIpc) is 2.99. The van der Waals surface area contributed by atoms with E-state index in [0.29, 0.717) is 0 Å². The molecule has 1 aliphatic rings. The van der Waals surface area contributed by atoms with Gasteiger partial charge < -0.3 is 9.64 Å². The molecule has 0 spiro atoms. The molecule has 0 aliphatic carbocycles. The van der Waals surface area contributed by atoms with Gasteiger partial charge in [-0.3, -0.25) is 0 Å². The SMILES string of the molecule is COCC1CCN(c2ccsc2-c2ccccc2)CC1. The smallest absolute Gasteiger partial charge is 0.0576 e. The van der Waals surface area contributed by atoms with Gasteiger partial charge in [0.1, 0.15) is 0 Å². The minimum atomic E-state index is 0.732. The summed E-state index contributed by atoms with van der Waals surface area (Å²) in [4.78, 5) is 3.93. The molecule has 3 heteroatoms. The van der Waals surface area contributed by atoms with Gasteiger partial charge in [0, 0.05) is 26.8 Å². The topological polar surface area (TPSA) is 12.5 Å². The van der Waals surface area contributed by atoms with Crippen molar-refractivity contribution >= 4 is 17.0 Å². The number of hydrogen-bond donors (Lipinski definition) is 0. The van der Waals surface area contributed by atoms with E-state index in [1.54, 1.807) is 7.11 Å². The van der Waals surface area contributed by atoms with E-state index < -0.39 is 0 Å². The van der Waals surface area contributed by atoms with E-state index in [9.17, 15) is 0 Å². The Kier molecular flexibility index (Phi) is 4.38. The first-order chi connectivity index (χ1) is 9.88. The lowest BCUT2D eigenvalue weighted by molar-refractivity contribution is 0.139. The Morgan fingerprint density at radius 3 is 2.60 bits per heavy atom. The van der Waals surface area contributed by atoms with Crippen molar-refractivity contribution in [3.05, 3.63) is 41.8 Å². The summed E-state index contributed by atoms with van der Waals surface area (Å²) in [5.41, 5.74) is 2.73. The predicted octanol–water partition coefficient (Wildman–Crippen LogP) is 4.28. The Morgan fingerprint density at radius 2 is 1.90 bits per heavy atom. The van der Waals surface area contributed by atoms with Crippen molar-refractivity contribution in [1.82, 2.24) is 0 Å². The molecule has 0 atom stereocenters. The Balaban J connectivity index is 1.75. The lowest BCUT2D eigenvalue weighted by Gasteiger charge is -2.33. The van der Waals surface area contributed by atoms with E-state index in [4.69, 9.17) is 4.74 Å². The summed E-state index contributed by atoms with van der Waals surface area (Å²) in [7, 11) is 1.80. The quantitative estimate of drug-likeness (QED) is 0.832. The number of ether oxygens (including phenoxy) is 1. The fourth-order valence-corrected chi connectivity index (χ4v) is 3.86. The van der Waals surface area contributed by atoms with Gasteiger partial charge in [0.25, 0.3) is 0 Å². The van der Waals surface area contributed by atoms with Gasteiger partial charge in [-0.15, -0.1) is 11.3 Å². The maximum Gasteiger partial charge on any atom is 0.0576 e. The summed E-state index contributed by atoms with van der Waals surface area (Å²) in [5.74, 6) is 0.732. The van der Waals surface area contributed by atoms with E-state index in [0.717, 1.165) is 25.6 Å². The largest absolute Gasteiger partial charge is 0.384 e. The third kappa shape index (κ3) is 2.89. The van der Waals surface area contributed by atoms with E-state index in [2.05, 4.69) is 46.7 Å².